The van der Waals surface area contributed by atoms with Crippen LogP contribution in [-0.2, 0) is 0 Å². The summed E-state index contributed by atoms with van der Waals surface area (Å²) in [5.74, 6) is 1.36. The number of aliphatic hydroxyl groups is 1. The van der Waals surface area contributed by atoms with Crippen molar-refractivity contribution in [1.29, 1.82) is 0 Å². The molecule has 0 aliphatic heterocycles. The molecule has 1 aromatic heterocycles. The van der Waals surface area contributed by atoms with Gasteiger partial charge >= 0.3 is 0 Å². The number of nitrogen functional groups attached to an aromatic ring is 1. The summed E-state index contributed by atoms with van der Waals surface area (Å²) in [4.78, 5) is 8.04. The molecule has 6 nitrogen and oxygen atoms in total. The smallest absolute Gasteiger partial charge is 0.242 e. The number of hydrogen-bond donors (Lipinski definition) is 3. The topological polar surface area (TPSA) is 93.3 Å². The van der Waals surface area contributed by atoms with E-state index in [2.05, 4.69) is 29.1 Å². The first kappa shape index (κ1) is 14.5. The van der Waals surface area contributed by atoms with Gasteiger partial charge < -0.3 is 20.9 Å². The van der Waals surface area contributed by atoms with Gasteiger partial charge in [-0.3, -0.25) is 0 Å². The molecule has 0 saturated carbocycles. The minimum Gasteiger partial charge on any atom is -0.476 e. The third kappa shape index (κ3) is 4.03. The molecule has 1 unspecified atom stereocenters. The first-order valence-electron chi connectivity index (χ1n) is 6.19. The van der Waals surface area contributed by atoms with Crippen LogP contribution >= 0.6 is 0 Å². The highest BCUT2D eigenvalue weighted by molar-refractivity contribution is 5.66. The summed E-state index contributed by atoms with van der Waals surface area (Å²) in [7, 11) is 0. The lowest BCUT2D eigenvalue weighted by atomic mass is 10.0. The zero-order valence-corrected chi connectivity index (χ0v) is 11.2. The maximum atomic E-state index is 9.32. The summed E-state index contributed by atoms with van der Waals surface area (Å²) >= 11 is 0. The number of aliphatic hydroxyl groups excluding tert-OH is 1. The van der Waals surface area contributed by atoms with Gasteiger partial charge in [0.2, 0.25) is 5.88 Å². The van der Waals surface area contributed by atoms with Gasteiger partial charge in [-0.1, -0.05) is 13.8 Å². The molecule has 0 radical (unpaired) electrons. The standard InChI is InChI=1S/C12H22N4O2/c1-4-18-12-10(13)11(14-7-15-12)16-9(6-17)5-8(2)3/h7-9,17H,4-6,13H2,1-3H3,(H,14,15,16). The summed E-state index contributed by atoms with van der Waals surface area (Å²) in [5, 5.41) is 12.4. The highest BCUT2D eigenvalue weighted by atomic mass is 16.5. The average Bonchev–Trinajstić information content (AvgIpc) is 2.33. The van der Waals surface area contributed by atoms with Crippen LogP contribution in [0, 0.1) is 5.92 Å². The molecule has 0 aromatic carbocycles. The fourth-order valence-electron chi connectivity index (χ4n) is 1.69. The Morgan fingerprint density at radius 1 is 1.44 bits per heavy atom. The zero-order valence-electron chi connectivity index (χ0n) is 11.2. The second-order valence-corrected chi connectivity index (χ2v) is 4.53. The van der Waals surface area contributed by atoms with E-state index < -0.39 is 0 Å². The largest absolute Gasteiger partial charge is 0.476 e. The lowest BCUT2D eigenvalue weighted by molar-refractivity contribution is 0.259. The van der Waals surface area contributed by atoms with Crippen molar-refractivity contribution in [2.45, 2.75) is 33.2 Å². The second kappa shape index (κ2) is 7.00. The molecule has 1 atom stereocenters. The minimum atomic E-state index is -0.0725. The Labute approximate surface area is 108 Å². The molecule has 0 saturated heterocycles. The van der Waals surface area contributed by atoms with E-state index >= 15 is 0 Å². The summed E-state index contributed by atoms with van der Waals surface area (Å²) < 4.78 is 5.29. The van der Waals surface area contributed by atoms with Crippen molar-refractivity contribution in [1.82, 2.24) is 9.97 Å². The number of nitrogens with two attached hydrogens (primary N) is 1. The number of nitrogens with zero attached hydrogens (tertiary/aromatic N) is 2. The maximum Gasteiger partial charge on any atom is 0.242 e. The Morgan fingerprint density at radius 3 is 2.72 bits per heavy atom. The molecule has 18 heavy (non-hydrogen) atoms. The number of anilines is 2. The van der Waals surface area contributed by atoms with Gasteiger partial charge in [0.05, 0.1) is 19.3 Å². The van der Waals surface area contributed by atoms with Crippen molar-refractivity contribution in [2.75, 3.05) is 24.3 Å². The molecule has 0 bridgehead atoms. The van der Waals surface area contributed by atoms with Crippen molar-refractivity contribution in [3.05, 3.63) is 6.33 Å². The third-order valence-electron chi connectivity index (χ3n) is 2.45. The fourth-order valence-corrected chi connectivity index (χ4v) is 1.69. The molecule has 0 fully saturated rings. The molecule has 1 heterocycles. The Bertz CT molecular complexity index is 371. The number of ether oxygens (including phenoxy) is 1. The van der Waals surface area contributed by atoms with Crippen LogP contribution in [0.5, 0.6) is 5.88 Å². The van der Waals surface area contributed by atoms with Gasteiger partial charge in [0.1, 0.15) is 12.0 Å². The molecule has 1 aromatic rings. The van der Waals surface area contributed by atoms with Crippen LogP contribution < -0.4 is 15.8 Å². The molecular formula is C12H22N4O2. The molecule has 6 heteroatoms. The predicted octanol–water partition coefficient (Wildman–Crippen LogP) is 1.28. The summed E-state index contributed by atoms with van der Waals surface area (Å²) in [6, 6.07) is -0.0725. The Morgan fingerprint density at radius 2 is 2.17 bits per heavy atom. The van der Waals surface area contributed by atoms with Gasteiger partial charge in [0, 0.05) is 0 Å². The molecular weight excluding hydrogens is 232 g/mol. The lowest BCUT2D eigenvalue weighted by Crippen LogP contribution is -2.26. The predicted molar refractivity (Wildman–Crippen MR) is 71.6 cm³/mol. The number of nitrogens with one attached hydrogen (secondary N) is 1. The van der Waals surface area contributed by atoms with E-state index in [0.717, 1.165) is 6.42 Å². The van der Waals surface area contributed by atoms with Crippen molar-refractivity contribution in [2.24, 2.45) is 5.92 Å². The summed E-state index contributed by atoms with van der Waals surface area (Å²) in [5.41, 5.74) is 6.29. The van der Waals surface area contributed by atoms with Gasteiger partial charge in [-0.2, -0.15) is 4.98 Å². The van der Waals surface area contributed by atoms with E-state index in [1.165, 1.54) is 6.33 Å². The Kier molecular flexibility index (Phi) is 5.64. The Balaban J connectivity index is 2.79. The number of aromatic nitrogens is 2. The van der Waals surface area contributed by atoms with E-state index in [9.17, 15) is 5.11 Å². The number of rotatable bonds is 7. The molecule has 102 valence electrons. The quantitative estimate of drug-likeness (QED) is 0.678. The van der Waals surface area contributed by atoms with Gasteiger partial charge in [0.15, 0.2) is 5.82 Å². The van der Waals surface area contributed by atoms with Crippen molar-refractivity contribution in [3.63, 3.8) is 0 Å². The monoisotopic (exact) mass is 254 g/mol. The second-order valence-electron chi connectivity index (χ2n) is 4.53. The normalized spacial score (nSPS) is 12.5. The SMILES string of the molecule is CCOc1ncnc(NC(CO)CC(C)C)c1N. The molecule has 0 spiro atoms. The van der Waals surface area contributed by atoms with Crippen LogP contribution in [0.25, 0.3) is 0 Å². The highest BCUT2D eigenvalue weighted by Crippen LogP contribution is 2.25. The highest BCUT2D eigenvalue weighted by Gasteiger charge is 2.14. The number of hydrogen-bond acceptors (Lipinski definition) is 6. The fraction of sp³-hybridized carbons (Fsp3) is 0.667. The molecule has 0 amide bonds. The van der Waals surface area contributed by atoms with Crippen molar-refractivity contribution < 1.29 is 9.84 Å². The minimum absolute atomic E-state index is 0.0333. The van der Waals surface area contributed by atoms with Crippen LogP contribution in [0.2, 0.25) is 0 Å². The lowest BCUT2D eigenvalue weighted by Gasteiger charge is -2.20. The van der Waals surface area contributed by atoms with E-state index in [1.807, 2.05) is 6.92 Å². The molecule has 1 rings (SSSR count). The van der Waals surface area contributed by atoms with Crippen LogP contribution in [0.4, 0.5) is 11.5 Å². The zero-order chi connectivity index (χ0) is 13.5. The van der Waals surface area contributed by atoms with E-state index in [-0.39, 0.29) is 12.6 Å². The van der Waals surface area contributed by atoms with Crippen LogP contribution in [0.3, 0.4) is 0 Å². The Hall–Kier alpha value is -1.56. The first-order valence-corrected chi connectivity index (χ1v) is 6.19. The van der Waals surface area contributed by atoms with Gasteiger partial charge in [-0.15, -0.1) is 0 Å². The summed E-state index contributed by atoms with van der Waals surface area (Å²) in [6.07, 6.45) is 2.23. The van der Waals surface area contributed by atoms with E-state index in [4.69, 9.17) is 10.5 Å². The molecule has 4 N–H and O–H groups in total. The van der Waals surface area contributed by atoms with E-state index in [1.54, 1.807) is 0 Å². The first-order chi connectivity index (χ1) is 8.58. The van der Waals surface area contributed by atoms with Gasteiger partial charge in [-0.05, 0) is 19.3 Å². The van der Waals surface area contributed by atoms with Crippen LogP contribution in [-0.4, -0.2) is 34.3 Å². The van der Waals surface area contributed by atoms with E-state index in [0.29, 0.717) is 29.9 Å². The average molecular weight is 254 g/mol. The molecule has 0 aliphatic rings. The summed E-state index contributed by atoms with van der Waals surface area (Å²) in [6.45, 7) is 6.59. The van der Waals surface area contributed by atoms with Gasteiger partial charge in [0.25, 0.3) is 0 Å². The van der Waals surface area contributed by atoms with Crippen molar-refractivity contribution in [3.8, 4) is 5.88 Å². The third-order valence-corrected chi connectivity index (χ3v) is 2.45. The van der Waals surface area contributed by atoms with Crippen molar-refractivity contribution >= 4 is 11.5 Å². The van der Waals surface area contributed by atoms with Crippen LogP contribution in [0.15, 0.2) is 6.33 Å². The van der Waals surface area contributed by atoms with Gasteiger partial charge in [-0.25, -0.2) is 4.98 Å². The van der Waals surface area contributed by atoms with Crippen LogP contribution in [0.1, 0.15) is 27.2 Å². The maximum absolute atomic E-state index is 9.32. The molecule has 0 aliphatic carbocycles.